The Balaban J connectivity index is 0.00000320. The number of nitrogens with zero attached hydrogens (tertiary/aromatic N) is 4. The van der Waals surface area contributed by atoms with Gasteiger partial charge in [0.05, 0.1) is 6.04 Å². The van der Waals surface area contributed by atoms with Crippen LogP contribution in [-0.4, -0.2) is 27.3 Å². The Kier molecular flexibility index (Phi) is 9.79. The van der Waals surface area contributed by atoms with Crippen LogP contribution in [0.5, 0.6) is 0 Å². The average molecular weight is 518 g/mol. The molecule has 0 aliphatic rings. The van der Waals surface area contributed by atoms with Crippen molar-refractivity contribution in [1.82, 2.24) is 25.4 Å². The summed E-state index contributed by atoms with van der Waals surface area (Å²) in [5, 5.41) is 15.3. The summed E-state index contributed by atoms with van der Waals surface area (Å²) in [4.78, 5) is 4.75. The summed E-state index contributed by atoms with van der Waals surface area (Å²) < 4.78 is 1.97. The molecule has 0 saturated carbocycles. The number of aliphatic imine (C=N–C) groups is 1. The van der Waals surface area contributed by atoms with Gasteiger partial charge in [0.15, 0.2) is 11.8 Å². The fourth-order valence-corrected chi connectivity index (χ4v) is 3.07. The molecular formula is C23H31IN6. The molecule has 1 heterocycles. The second-order valence-electron chi connectivity index (χ2n) is 7.18. The van der Waals surface area contributed by atoms with E-state index in [1.807, 2.05) is 24.6 Å². The van der Waals surface area contributed by atoms with Gasteiger partial charge in [0.2, 0.25) is 0 Å². The van der Waals surface area contributed by atoms with Gasteiger partial charge in [0.1, 0.15) is 12.4 Å². The second kappa shape index (κ2) is 12.3. The molecule has 0 radical (unpaired) electrons. The quantitative estimate of drug-likeness (QED) is 0.203. The molecule has 30 heavy (non-hydrogen) atoms. The monoisotopic (exact) mass is 518 g/mol. The van der Waals surface area contributed by atoms with Crippen LogP contribution >= 0.6 is 24.0 Å². The van der Waals surface area contributed by atoms with Crippen molar-refractivity contribution in [2.75, 3.05) is 6.54 Å². The first-order valence-electron chi connectivity index (χ1n) is 10.1. The number of nitrogens with one attached hydrogen (secondary N) is 2. The zero-order valence-corrected chi connectivity index (χ0v) is 20.2. The van der Waals surface area contributed by atoms with Gasteiger partial charge in [-0.3, -0.25) is 0 Å². The molecular weight excluding hydrogens is 487 g/mol. The minimum atomic E-state index is 0. The van der Waals surface area contributed by atoms with Crippen molar-refractivity contribution in [3.05, 3.63) is 83.4 Å². The van der Waals surface area contributed by atoms with Crippen molar-refractivity contribution in [3.63, 3.8) is 0 Å². The minimum Gasteiger partial charge on any atom is -0.356 e. The molecule has 2 N–H and O–H groups in total. The summed E-state index contributed by atoms with van der Waals surface area (Å²) in [7, 11) is 1.97. The molecule has 3 rings (SSSR count). The lowest BCUT2D eigenvalue weighted by Crippen LogP contribution is -2.39. The zero-order valence-electron chi connectivity index (χ0n) is 17.9. The molecule has 0 bridgehead atoms. The van der Waals surface area contributed by atoms with Crippen molar-refractivity contribution < 1.29 is 0 Å². The van der Waals surface area contributed by atoms with E-state index >= 15 is 0 Å². The maximum absolute atomic E-state index is 4.75. The van der Waals surface area contributed by atoms with E-state index in [-0.39, 0.29) is 30.0 Å². The molecule has 0 amide bonds. The standard InChI is InChI=1S/C23H30N6.HI/c1-18(21-14-8-5-9-15-21)26-23(25-17-22-28-27-19(2)29(22)3)24-16-10-13-20-11-6-4-7-12-20;/h4-9,11-12,14-15,18H,10,13,16-17H2,1-3H3,(H2,24,25,26);1H. The van der Waals surface area contributed by atoms with E-state index in [0.29, 0.717) is 6.54 Å². The summed E-state index contributed by atoms with van der Waals surface area (Å²) in [6.07, 6.45) is 2.07. The number of hydrogen-bond donors (Lipinski definition) is 2. The molecule has 1 atom stereocenters. The molecule has 2 aromatic carbocycles. The summed E-state index contributed by atoms with van der Waals surface area (Å²) in [5.41, 5.74) is 2.58. The Bertz CT molecular complexity index is 908. The molecule has 0 fully saturated rings. The van der Waals surface area contributed by atoms with Crippen molar-refractivity contribution in [3.8, 4) is 0 Å². The molecule has 0 aliphatic carbocycles. The van der Waals surface area contributed by atoms with Gasteiger partial charge in [-0.1, -0.05) is 60.7 Å². The van der Waals surface area contributed by atoms with Gasteiger partial charge in [-0.25, -0.2) is 4.99 Å². The van der Waals surface area contributed by atoms with Crippen LogP contribution in [-0.2, 0) is 20.0 Å². The lowest BCUT2D eigenvalue weighted by atomic mass is 10.1. The number of aryl methyl sites for hydroxylation is 2. The molecule has 6 nitrogen and oxygen atoms in total. The Morgan fingerprint density at radius 3 is 2.33 bits per heavy atom. The van der Waals surface area contributed by atoms with Gasteiger partial charge >= 0.3 is 0 Å². The van der Waals surface area contributed by atoms with E-state index in [2.05, 4.69) is 82.4 Å². The first-order valence-corrected chi connectivity index (χ1v) is 10.1. The number of aromatic nitrogens is 3. The van der Waals surface area contributed by atoms with E-state index in [1.54, 1.807) is 0 Å². The Morgan fingerprint density at radius 1 is 1.03 bits per heavy atom. The highest BCUT2D eigenvalue weighted by atomic mass is 127. The summed E-state index contributed by atoms with van der Waals surface area (Å²) >= 11 is 0. The Hall–Kier alpha value is -2.42. The lowest BCUT2D eigenvalue weighted by molar-refractivity contribution is 0.666. The Labute approximate surface area is 196 Å². The highest BCUT2D eigenvalue weighted by Gasteiger charge is 2.09. The third-order valence-corrected chi connectivity index (χ3v) is 4.99. The number of hydrogen-bond acceptors (Lipinski definition) is 3. The fourth-order valence-electron chi connectivity index (χ4n) is 3.07. The van der Waals surface area contributed by atoms with Crippen LogP contribution in [0.3, 0.4) is 0 Å². The van der Waals surface area contributed by atoms with Crippen LogP contribution < -0.4 is 10.6 Å². The molecule has 160 valence electrons. The van der Waals surface area contributed by atoms with Gasteiger partial charge in [0.25, 0.3) is 0 Å². The maximum Gasteiger partial charge on any atom is 0.192 e. The van der Waals surface area contributed by atoms with E-state index in [1.165, 1.54) is 11.1 Å². The van der Waals surface area contributed by atoms with Gasteiger partial charge in [-0.2, -0.15) is 0 Å². The number of rotatable bonds is 8. The normalized spacial score (nSPS) is 12.2. The van der Waals surface area contributed by atoms with Crippen molar-refractivity contribution in [2.24, 2.45) is 12.0 Å². The molecule has 3 aromatic rings. The summed E-state index contributed by atoms with van der Waals surface area (Å²) in [6.45, 7) is 5.41. The first-order chi connectivity index (χ1) is 14.1. The molecule has 0 aliphatic heterocycles. The van der Waals surface area contributed by atoms with Gasteiger partial charge < -0.3 is 15.2 Å². The predicted molar refractivity (Wildman–Crippen MR) is 133 cm³/mol. The third-order valence-electron chi connectivity index (χ3n) is 4.99. The van der Waals surface area contributed by atoms with Crippen LogP contribution in [0.4, 0.5) is 0 Å². The second-order valence-corrected chi connectivity index (χ2v) is 7.18. The topological polar surface area (TPSA) is 67.1 Å². The van der Waals surface area contributed by atoms with E-state index in [0.717, 1.165) is 37.0 Å². The fraction of sp³-hybridized carbons (Fsp3) is 0.348. The van der Waals surface area contributed by atoms with Gasteiger partial charge in [-0.05, 0) is 37.8 Å². The summed E-state index contributed by atoms with van der Waals surface area (Å²) in [5.74, 6) is 2.52. The molecule has 7 heteroatoms. The number of guanidine groups is 1. The van der Waals surface area contributed by atoms with E-state index in [9.17, 15) is 0 Å². The predicted octanol–water partition coefficient (Wildman–Crippen LogP) is 4.17. The number of benzene rings is 2. The van der Waals surface area contributed by atoms with Crippen LogP contribution in [0.1, 0.15) is 42.2 Å². The van der Waals surface area contributed by atoms with Crippen LogP contribution in [0.2, 0.25) is 0 Å². The molecule has 1 unspecified atom stereocenters. The van der Waals surface area contributed by atoms with E-state index < -0.39 is 0 Å². The van der Waals surface area contributed by atoms with Crippen molar-refractivity contribution in [1.29, 1.82) is 0 Å². The van der Waals surface area contributed by atoms with Gasteiger partial charge in [-0.15, -0.1) is 34.2 Å². The maximum atomic E-state index is 4.75. The number of halogens is 1. The van der Waals surface area contributed by atoms with E-state index in [4.69, 9.17) is 4.99 Å². The lowest BCUT2D eigenvalue weighted by Gasteiger charge is -2.19. The molecule has 0 spiro atoms. The van der Waals surface area contributed by atoms with Crippen molar-refractivity contribution >= 4 is 29.9 Å². The SMILES string of the molecule is Cc1nnc(CN=C(NCCCc2ccccc2)NC(C)c2ccccc2)n1C.I. The largest absolute Gasteiger partial charge is 0.356 e. The van der Waals surface area contributed by atoms with Crippen molar-refractivity contribution in [2.45, 2.75) is 39.3 Å². The first kappa shape index (κ1) is 23.9. The smallest absolute Gasteiger partial charge is 0.192 e. The van der Waals surface area contributed by atoms with Gasteiger partial charge in [0, 0.05) is 13.6 Å². The highest BCUT2D eigenvalue weighted by molar-refractivity contribution is 14.0. The summed E-state index contributed by atoms with van der Waals surface area (Å²) in [6, 6.07) is 21.1. The van der Waals surface area contributed by atoms with Crippen LogP contribution in [0.25, 0.3) is 0 Å². The Morgan fingerprint density at radius 2 is 1.70 bits per heavy atom. The minimum absolute atomic E-state index is 0. The van der Waals surface area contributed by atoms with Crippen LogP contribution in [0.15, 0.2) is 65.7 Å². The molecule has 0 saturated heterocycles. The molecule has 1 aromatic heterocycles. The van der Waals surface area contributed by atoms with Crippen LogP contribution in [0, 0.1) is 6.92 Å². The zero-order chi connectivity index (χ0) is 20.5. The highest BCUT2D eigenvalue weighted by Crippen LogP contribution is 2.11. The average Bonchev–Trinajstić information content (AvgIpc) is 3.08. The third kappa shape index (κ3) is 7.12.